The van der Waals surface area contributed by atoms with Gasteiger partial charge in [-0.3, -0.25) is 4.79 Å². The van der Waals surface area contributed by atoms with E-state index in [0.29, 0.717) is 13.0 Å². The second kappa shape index (κ2) is 7.24. The molecule has 0 unspecified atom stereocenters. The highest BCUT2D eigenvalue weighted by molar-refractivity contribution is 7.12. The number of carboxylic acids is 1. The van der Waals surface area contributed by atoms with Crippen LogP contribution in [-0.4, -0.2) is 28.4 Å². The van der Waals surface area contributed by atoms with E-state index in [2.05, 4.69) is 0 Å². The second-order valence-electron chi connectivity index (χ2n) is 4.96. The maximum atomic E-state index is 12.0. The van der Waals surface area contributed by atoms with Crippen LogP contribution in [0.2, 0.25) is 0 Å². The number of carboxylic acid groups (broad SMARTS) is 1. The van der Waals surface area contributed by atoms with Gasteiger partial charge in [-0.25, -0.2) is 4.79 Å². The van der Waals surface area contributed by atoms with Crippen LogP contribution in [0.3, 0.4) is 0 Å². The largest absolute Gasteiger partial charge is 0.478 e. The first-order valence-electron chi connectivity index (χ1n) is 6.92. The molecule has 1 aromatic rings. The SMILES string of the molecule is O=C(O)C=Cc1ccc(CN2CCCCCCC2=O)s1. The van der Waals surface area contributed by atoms with Gasteiger partial charge in [0.2, 0.25) is 5.91 Å². The van der Waals surface area contributed by atoms with Gasteiger partial charge >= 0.3 is 5.97 Å². The van der Waals surface area contributed by atoms with Crippen molar-refractivity contribution in [1.82, 2.24) is 4.90 Å². The Hall–Kier alpha value is -1.62. The van der Waals surface area contributed by atoms with Crippen molar-refractivity contribution in [2.45, 2.75) is 38.6 Å². The minimum absolute atomic E-state index is 0.237. The number of carbonyl (C=O) groups excluding carboxylic acids is 1. The van der Waals surface area contributed by atoms with Crippen LogP contribution < -0.4 is 0 Å². The van der Waals surface area contributed by atoms with Crippen LogP contribution in [0.25, 0.3) is 6.08 Å². The van der Waals surface area contributed by atoms with Crippen molar-refractivity contribution in [3.8, 4) is 0 Å². The highest BCUT2D eigenvalue weighted by Crippen LogP contribution is 2.21. The van der Waals surface area contributed by atoms with E-state index in [-0.39, 0.29) is 5.91 Å². The molecule has 20 heavy (non-hydrogen) atoms. The topological polar surface area (TPSA) is 57.6 Å². The van der Waals surface area contributed by atoms with Gasteiger partial charge in [0.25, 0.3) is 0 Å². The van der Waals surface area contributed by atoms with Gasteiger partial charge in [-0.1, -0.05) is 12.8 Å². The summed E-state index contributed by atoms with van der Waals surface area (Å²) in [4.78, 5) is 26.4. The number of hydrogen-bond acceptors (Lipinski definition) is 3. The van der Waals surface area contributed by atoms with Crippen molar-refractivity contribution < 1.29 is 14.7 Å². The highest BCUT2D eigenvalue weighted by Gasteiger charge is 2.16. The first kappa shape index (κ1) is 14.8. The molecule has 0 radical (unpaired) electrons. The third kappa shape index (κ3) is 4.49. The minimum Gasteiger partial charge on any atom is -0.478 e. The molecule has 1 aliphatic rings. The lowest BCUT2D eigenvalue weighted by atomic mass is 10.1. The lowest BCUT2D eigenvalue weighted by Gasteiger charge is -2.24. The van der Waals surface area contributed by atoms with Crippen LogP contribution >= 0.6 is 11.3 Å². The van der Waals surface area contributed by atoms with Crippen LogP contribution in [0.5, 0.6) is 0 Å². The minimum atomic E-state index is -0.945. The van der Waals surface area contributed by atoms with Crippen molar-refractivity contribution in [2.24, 2.45) is 0 Å². The number of aliphatic carboxylic acids is 1. The number of nitrogens with zero attached hydrogens (tertiary/aromatic N) is 1. The van der Waals surface area contributed by atoms with Gasteiger partial charge in [0.15, 0.2) is 0 Å². The predicted octanol–water partition coefficient (Wildman–Crippen LogP) is 3.14. The number of thiophene rings is 1. The predicted molar refractivity (Wildman–Crippen MR) is 79.5 cm³/mol. The van der Waals surface area contributed by atoms with E-state index >= 15 is 0 Å². The quantitative estimate of drug-likeness (QED) is 0.868. The molecule has 0 aliphatic carbocycles. The first-order valence-corrected chi connectivity index (χ1v) is 7.74. The zero-order valence-corrected chi connectivity index (χ0v) is 12.2. The summed E-state index contributed by atoms with van der Waals surface area (Å²) < 4.78 is 0. The van der Waals surface area contributed by atoms with E-state index in [1.165, 1.54) is 17.8 Å². The van der Waals surface area contributed by atoms with Crippen LogP contribution in [0.15, 0.2) is 18.2 Å². The summed E-state index contributed by atoms with van der Waals surface area (Å²) in [6, 6.07) is 3.87. The molecule has 1 aliphatic heterocycles. The van der Waals surface area contributed by atoms with E-state index in [1.807, 2.05) is 17.0 Å². The van der Waals surface area contributed by atoms with Gasteiger partial charge in [0.05, 0.1) is 6.54 Å². The van der Waals surface area contributed by atoms with E-state index in [9.17, 15) is 9.59 Å². The molecule has 1 fully saturated rings. The molecule has 1 saturated heterocycles. The van der Waals surface area contributed by atoms with E-state index in [0.717, 1.165) is 41.6 Å². The van der Waals surface area contributed by atoms with E-state index in [4.69, 9.17) is 5.11 Å². The summed E-state index contributed by atoms with van der Waals surface area (Å²) in [6.07, 6.45) is 7.79. The van der Waals surface area contributed by atoms with Gasteiger partial charge in [-0.15, -0.1) is 11.3 Å². The van der Waals surface area contributed by atoms with Crippen LogP contribution in [0, 0.1) is 0 Å². The molecule has 0 atom stereocenters. The molecule has 0 aromatic carbocycles. The molecule has 0 spiro atoms. The summed E-state index contributed by atoms with van der Waals surface area (Å²) in [5.74, 6) is -0.709. The molecule has 4 nitrogen and oxygen atoms in total. The highest BCUT2D eigenvalue weighted by atomic mass is 32.1. The Morgan fingerprint density at radius 3 is 2.90 bits per heavy atom. The molecule has 0 bridgehead atoms. The first-order chi connectivity index (χ1) is 9.65. The standard InChI is InChI=1S/C15H19NO3S/c17-14-5-3-1-2-4-10-16(14)11-13-7-6-12(20-13)8-9-15(18)19/h6-9H,1-5,10-11H2,(H,18,19). The lowest BCUT2D eigenvalue weighted by molar-refractivity contribution is -0.132. The zero-order chi connectivity index (χ0) is 14.4. The van der Waals surface area contributed by atoms with Gasteiger partial charge < -0.3 is 10.0 Å². The summed E-state index contributed by atoms with van der Waals surface area (Å²) in [5, 5.41) is 8.60. The average molecular weight is 293 g/mol. The number of hydrogen-bond donors (Lipinski definition) is 1. The molecule has 1 amide bonds. The van der Waals surface area contributed by atoms with Crippen molar-refractivity contribution in [3.05, 3.63) is 28.0 Å². The van der Waals surface area contributed by atoms with E-state index < -0.39 is 5.97 Å². The molecule has 0 saturated carbocycles. The Morgan fingerprint density at radius 2 is 2.10 bits per heavy atom. The fourth-order valence-corrected chi connectivity index (χ4v) is 3.22. The zero-order valence-electron chi connectivity index (χ0n) is 11.4. The third-order valence-electron chi connectivity index (χ3n) is 3.34. The number of rotatable bonds is 4. The van der Waals surface area contributed by atoms with Gasteiger partial charge in [-0.2, -0.15) is 0 Å². The maximum absolute atomic E-state index is 12.0. The summed E-state index contributed by atoms with van der Waals surface area (Å²) in [6.45, 7) is 1.47. The lowest BCUT2D eigenvalue weighted by Crippen LogP contribution is -2.32. The molecule has 5 heteroatoms. The van der Waals surface area contributed by atoms with Crippen molar-refractivity contribution in [3.63, 3.8) is 0 Å². The van der Waals surface area contributed by atoms with Crippen LogP contribution in [0.1, 0.15) is 41.9 Å². The Morgan fingerprint density at radius 1 is 1.30 bits per heavy atom. The fraction of sp³-hybridized carbons (Fsp3) is 0.467. The number of amides is 1. The summed E-state index contributed by atoms with van der Waals surface area (Å²) in [7, 11) is 0. The smallest absolute Gasteiger partial charge is 0.328 e. The number of carbonyl (C=O) groups is 2. The Bertz CT molecular complexity index is 507. The normalized spacial score (nSPS) is 17.2. The van der Waals surface area contributed by atoms with E-state index in [1.54, 1.807) is 6.08 Å². The van der Waals surface area contributed by atoms with Crippen LogP contribution in [-0.2, 0) is 16.1 Å². The Kier molecular flexibility index (Phi) is 5.35. The monoisotopic (exact) mass is 293 g/mol. The van der Waals surface area contributed by atoms with Crippen molar-refractivity contribution in [1.29, 1.82) is 0 Å². The van der Waals surface area contributed by atoms with Crippen LogP contribution in [0.4, 0.5) is 0 Å². The Labute approximate surface area is 122 Å². The number of likely N-dealkylation sites (tertiary alicyclic amines) is 1. The summed E-state index contributed by atoms with van der Waals surface area (Å²) in [5.41, 5.74) is 0. The van der Waals surface area contributed by atoms with Crippen molar-refractivity contribution in [2.75, 3.05) is 6.54 Å². The molecule has 1 N–H and O–H groups in total. The molecular weight excluding hydrogens is 274 g/mol. The molecule has 1 aromatic heterocycles. The van der Waals surface area contributed by atoms with Gasteiger partial charge in [-0.05, 0) is 31.1 Å². The van der Waals surface area contributed by atoms with Crippen molar-refractivity contribution >= 4 is 29.3 Å². The fourth-order valence-electron chi connectivity index (χ4n) is 2.29. The summed E-state index contributed by atoms with van der Waals surface area (Å²) >= 11 is 1.54. The third-order valence-corrected chi connectivity index (χ3v) is 4.38. The molecule has 108 valence electrons. The maximum Gasteiger partial charge on any atom is 0.328 e. The molecular formula is C15H19NO3S. The molecule has 2 heterocycles. The second-order valence-corrected chi connectivity index (χ2v) is 6.16. The molecule has 2 rings (SSSR count). The average Bonchev–Trinajstić information content (AvgIpc) is 2.84. The Balaban J connectivity index is 1.97. The van der Waals surface area contributed by atoms with Gasteiger partial charge in [0, 0.05) is 28.8 Å². The van der Waals surface area contributed by atoms with Gasteiger partial charge in [0.1, 0.15) is 0 Å².